The maximum Gasteiger partial charge on any atom is 0.303 e. The third kappa shape index (κ3) is 3.00. The highest BCUT2D eigenvalue weighted by Crippen LogP contribution is 2.18. The summed E-state index contributed by atoms with van der Waals surface area (Å²) in [5.74, 6) is -0.337. The fourth-order valence-electron chi connectivity index (χ4n) is 1.72. The molecule has 1 aromatic rings. The zero-order valence-corrected chi connectivity index (χ0v) is 9.90. The van der Waals surface area contributed by atoms with Crippen LogP contribution in [-0.4, -0.2) is 35.2 Å². The van der Waals surface area contributed by atoms with Crippen molar-refractivity contribution in [3.8, 4) is 0 Å². The lowest BCUT2D eigenvalue weighted by atomic mass is 10.2. The molecule has 0 atom stereocenters. The Morgan fingerprint density at radius 3 is 2.94 bits per heavy atom. The van der Waals surface area contributed by atoms with Crippen molar-refractivity contribution in [1.29, 1.82) is 0 Å². The highest BCUT2D eigenvalue weighted by Gasteiger charge is 2.22. The first-order valence-electron chi connectivity index (χ1n) is 5.22. The van der Waals surface area contributed by atoms with Crippen LogP contribution >= 0.6 is 0 Å². The summed E-state index contributed by atoms with van der Waals surface area (Å²) in [4.78, 5) is 18.6. The largest absolute Gasteiger partial charge is 0.481 e. The summed E-state index contributed by atoms with van der Waals surface area (Å²) in [5, 5.41) is 8.55. The van der Waals surface area contributed by atoms with Crippen LogP contribution in [0.5, 0.6) is 0 Å². The molecule has 1 aliphatic rings. The van der Waals surface area contributed by atoms with E-state index in [-0.39, 0.29) is 24.3 Å². The van der Waals surface area contributed by atoms with Gasteiger partial charge in [0.05, 0.1) is 17.9 Å². The minimum atomic E-state index is -3.01. The van der Waals surface area contributed by atoms with Crippen LogP contribution in [0.2, 0.25) is 0 Å². The van der Waals surface area contributed by atoms with E-state index < -0.39 is 15.8 Å². The fraction of sp³-hybridized carbons (Fsp3) is 0.500. The summed E-state index contributed by atoms with van der Waals surface area (Å²) in [7, 11) is -3.01. The molecule has 6 nitrogen and oxygen atoms in total. The number of sulfone groups is 1. The van der Waals surface area contributed by atoms with Crippen LogP contribution in [0.1, 0.15) is 23.5 Å². The minimum absolute atomic E-state index is 0.0124. The number of aromatic nitrogens is 2. The van der Waals surface area contributed by atoms with E-state index in [1.807, 2.05) is 0 Å². The molecule has 0 amide bonds. The van der Waals surface area contributed by atoms with E-state index in [0.717, 1.165) is 5.69 Å². The summed E-state index contributed by atoms with van der Waals surface area (Å²) < 4.78 is 22.8. The van der Waals surface area contributed by atoms with Crippen LogP contribution in [0.25, 0.3) is 0 Å². The lowest BCUT2D eigenvalue weighted by molar-refractivity contribution is -0.137. The standard InChI is InChI=1S/C10H12N2O4S/c13-10(14)2-1-9-11-5-7-6-17(15,16)4-3-8(7)12-9/h5H,1-4,6H2,(H,13,14). The van der Waals surface area contributed by atoms with Gasteiger partial charge in [-0.2, -0.15) is 0 Å². The predicted octanol–water partition coefficient (Wildman–Crippen LogP) is -0.0353. The van der Waals surface area contributed by atoms with E-state index in [2.05, 4.69) is 9.97 Å². The third-order valence-electron chi connectivity index (χ3n) is 2.59. The Bertz CT molecular complexity index is 553. The van der Waals surface area contributed by atoms with E-state index >= 15 is 0 Å². The van der Waals surface area contributed by atoms with E-state index in [1.54, 1.807) is 0 Å². The molecule has 92 valence electrons. The van der Waals surface area contributed by atoms with Crippen molar-refractivity contribution in [2.75, 3.05) is 5.75 Å². The predicted molar refractivity (Wildman–Crippen MR) is 59.2 cm³/mol. The van der Waals surface area contributed by atoms with Gasteiger partial charge in [0.1, 0.15) is 5.82 Å². The summed E-state index contributed by atoms with van der Waals surface area (Å²) in [6, 6.07) is 0. The molecule has 2 heterocycles. The summed E-state index contributed by atoms with van der Waals surface area (Å²) >= 11 is 0. The van der Waals surface area contributed by atoms with Gasteiger partial charge in [0.2, 0.25) is 0 Å². The molecule has 0 bridgehead atoms. The highest BCUT2D eigenvalue weighted by atomic mass is 32.2. The van der Waals surface area contributed by atoms with E-state index in [1.165, 1.54) is 6.20 Å². The summed E-state index contributed by atoms with van der Waals surface area (Å²) in [6.45, 7) is 0. The van der Waals surface area contributed by atoms with Gasteiger partial charge in [-0.15, -0.1) is 0 Å². The number of aryl methyl sites for hydroxylation is 2. The van der Waals surface area contributed by atoms with Gasteiger partial charge in [-0.1, -0.05) is 0 Å². The van der Waals surface area contributed by atoms with Crippen molar-refractivity contribution >= 4 is 15.8 Å². The Morgan fingerprint density at radius 1 is 1.47 bits per heavy atom. The van der Waals surface area contributed by atoms with Crippen molar-refractivity contribution in [2.45, 2.75) is 25.0 Å². The van der Waals surface area contributed by atoms with E-state index in [4.69, 9.17) is 5.11 Å². The molecular formula is C10H12N2O4S. The molecule has 0 aliphatic carbocycles. The second-order valence-electron chi connectivity index (χ2n) is 3.99. The smallest absolute Gasteiger partial charge is 0.303 e. The van der Waals surface area contributed by atoms with Crippen LogP contribution in [0.15, 0.2) is 6.20 Å². The van der Waals surface area contributed by atoms with Crippen LogP contribution in [0.4, 0.5) is 0 Å². The first kappa shape index (κ1) is 12.0. The molecule has 0 radical (unpaired) electrons. The lowest BCUT2D eigenvalue weighted by Gasteiger charge is -2.15. The first-order valence-corrected chi connectivity index (χ1v) is 7.04. The van der Waals surface area contributed by atoms with Crippen molar-refractivity contribution in [3.63, 3.8) is 0 Å². The Balaban J connectivity index is 2.18. The lowest BCUT2D eigenvalue weighted by Crippen LogP contribution is -2.21. The quantitative estimate of drug-likeness (QED) is 0.815. The summed E-state index contributed by atoms with van der Waals surface area (Å²) in [6.07, 6.45) is 2.14. The molecule has 1 N–H and O–H groups in total. The van der Waals surface area contributed by atoms with Gasteiger partial charge in [0.25, 0.3) is 0 Å². The molecule has 0 aromatic carbocycles. The van der Waals surface area contributed by atoms with Gasteiger partial charge >= 0.3 is 5.97 Å². The number of carboxylic acids is 1. The van der Waals surface area contributed by atoms with Gasteiger partial charge < -0.3 is 5.11 Å². The number of aliphatic carboxylic acids is 1. The highest BCUT2D eigenvalue weighted by molar-refractivity contribution is 7.90. The average Bonchev–Trinajstić information content (AvgIpc) is 2.25. The first-order chi connectivity index (χ1) is 7.96. The number of hydrogen-bond acceptors (Lipinski definition) is 5. The molecule has 0 unspecified atom stereocenters. The van der Waals surface area contributed by atoms with Gasteiger partial charge in [-0.05, 0) is 0 Å². The van der Waals surface area contributed by atoms with Gasteiger partial charge in [0, 0.05) is 30.3 Å². The van der Waals surface area contributed by atoms with Crippen molar-refractivity contribution in [1.82, 2.24) is 9.97 Å². The molecule has 0 saturated heterocycles. The van der Waals surface area contributed by atoms with Crippen LogP contribution < -0.4 is 0 Å². The van der Waals surface area contributed by atoms with Crippen molar-refractivity contribution in [2.24, 2.45) is 0 Å². The minimum Gasteiger partial charge on any atom is -0.481 e. The monoisotopic (exact) mass is 256 g/mol. The molecule has 1 aliphatic heterocycles. The topological polar surface area (TPSA) is 97.2 Å². The molecule has 1 aromatic heterocycles. The van der Waals surface area contributed by atoms with Crippen LogP contribution in [-0.2, 0) is 33.2 Å². The fourth-order valence-corrected chi connectivity index (χ4v) is 3.08. The van der Waals surface area contributed by atoms with E-state index in [0.29, 0.717) is 17.8 Å². The molecule has 0 saturated carbocycles. The number of fused-ring (bicyclic) bond motifs is 1. The van der Waals surface area contributed by atoms with Crippen molar-refractivity contribution in [3.05, 3.63) is 23.3 Å². The van der Waals surface area contributed by atoms with Crippen LogP contribution in [0, 0.1) is 0 Å². The second-order valence-corrected chi connectivity index (χ2v) is 6.18. The van der Waals surface area contributed by atoms with Gasteiger partial charge in [-0.3, -0.25) is 4.79 Å². The second kappa shape index (κ2) is 4.40. The molecule has 0 fully saturated rings. The maximum atomic E-state index is 11.4. The van der Waals surface area contributed by atoms with Crippen LogP contribution in [0.3, 0.4) is 0 Å². The van der Waals surface area contributed by atoms with Gasteiger partial charge in [-0.25, -0.2) is 18.4 Å². The molecule has 2 rings (SSSR count). The number of nitrogens with zero attached hydrogens (tertiary/aromatic N) is 2. The molecule has 7 heteroatoms. The molecule has 0 spiro atoms. The normalized spacial score (nSPS) is 17.4. The number of hydrogen-bond donors (Lipinski definition) is 1. The van der Waals surface area contributed by atoms with Crippen molar-refractivity contribution < 1.29 is 18.3 Å². The Labute approximate surface area is 98.6 Å². The van der Waals surface area contributed by atoms with Gasteiger partial charge in [0.15, 0.2) is 9.84 Å². The number of rotatable bonds is 3. The zero-order valence-electron chi connectivity index (χ0n) is 9.09. The summed E-state index contributed by atoms with van der Waals surface area (Å²) in [5.41, 5.74) is 1.37. The number of carbonyl (C=O) groups is 1. The third-order valence-corrected chi connectivity index (χ3v) is 4.17. The maximum absolute atomic E-state index is 11.4. The molecule has 17 heavy (non-hydrogen) atoms. The number of carboxylic acid groups (broad SMARTS) is 1. The zero-order chi connectivity index (χ0) is 12.5. The Hall–Kier alpha value is -1.50. The Kier molecular flexibility index (Phi) is 3.10. The molecular weight excluding hydrogens is 244 g/mol. The average molecular weight is 256 g/mol. The van der Waals surface area contributed by atoms with E-state index in [9.17, 15) is 13.2 Å². The Morgan fingerprint density at radius 2 is 2.24 bits per heavy atom. The SMILES string of the molecule is O=C(O)CCc1ncc2c(n1)CCS(=O)(=O)C2.